The predicted octanol–water partition coefficient (Wildman–Crippen LogP) is 3.19. The molecule has 3 rings (SSSR count). The molecule has 27 heavy (non-hydrogen) atoms. The maximum absolute atomic E-state index is 14.1. The molecule has 1 aliphatic heterocycles. The number of anilines is 1. The number of carbonyl (C=O) groups is 1. The third-order valence-electron chi connectivity index (χ3n) is 4.65. The van der Waals surface area contributed by atoms with Crippen LogP contribution in [-0.4, -0.2) is 49.3 Å². The Morgan fingerprint density at radius 1 is 1.22 bits per heavy atom. The zero-order valence-electron chi connectivity index (χ0n) is 15.0. The summed E-state index contributed by atoms with van der Waals surface area (Å²) < 4.78 is 18.6. The first-order valence-electron chi connectivity index (χ1n) is 8.56. The second-order valence-electron chi connectivity index (χ2n) is 6.35. The average Bonchev–Trinajstić information content (AvgIpc) is 2.68. The van der Waals surface area contributed by atoms with Crippen molar-refractivity contribution >= 4 is 17.3 Å². The minimum absolute atomic E-state index is 0.0654. The highest BCUT2D eigenvalue weighted by Crippen LogP contribution is 2.32. The zero-order valence-corrected chi connectivity index (χ0v) is 15.0. The number of nitrogens with zero attached hydrogens (tertiary/aromatic N) is 3. The van der Waals surface area contributed by atoms with Crippen LogP contribution in [0.3, 0.4) is 0 Å². The Morgan fingerprint density at radius 2 is 1.96 bits per heavy atom. The van der Waals surface area contributed by atoms with Gasteiger partial charge in [0.15, 0.2) is 5.69 Å². The van der Waals surface area contributed by atoms with Crippen molar-refractivity contribution < 1.29 is 19.0 Å². The van der Waals surface area contributed by atoms with E-state index in [1.165, 1.54) is 25.3 Å². The third-order valence-corrected chi connectivity index (χ3v) is 4.65. The van der Waals surface area contributed by atoms with E-state index in [-0.39, 0.29) is 11.3 Å². The lowest BCUT2D eigenvalue weighted by Crippen LogP contribution is -2.46. The highest BCUT2D eigenvalue weighted by molar-refractivity contribution is 5.89. The van der Waals surface area contributed by atoms with E-state index in [1.807, 2.05) is 0 Å². The van der Waals surface area contributed by atoms with Crippen LogP contribution in [0.1, 0.15) is 15.9 Å². The quantitative estimate of drug-likeness (QED) is 0.663. The molecule has 6 nitrogen and oxygen atoms in total. The SMILES string of the molecule is [C-]#[N+]c1ccc(N2CCN(Cc3ccc(C(=O)OC)c(F)c3)CC2)c(O)c1. The monoisotopic (exact) mass is 369 g/mol. The number of hydrogen-bond donors (Lipinski definition) is 1. The summed E-state index contributed by atoms with van der Waals surface area (Å²) in [6.07, 6.45) is 0. The Hall–Kier alpha value is -3.11. The summed E-state index contributed by atoms with van der Waals surface area (Å²) >= 11 is 0. The lowest BCUT2D eigenvalue weighted by molar-refractivity contribution is 0.0595. The van der Waals surface area contributed by atoms with E-state index in [2.05, 4.69) is 19.4 Å². The lowest BCUT2D eigenvalue weighted by atomic mass is 10.1. The number of phenols is 1. The van der Waals surface area contributed by atoms with Gasteiger partial charge in [-0.2, -0.15) is 0 Å². The van der Waals surface area contributed by atoms with Gasteiger partial charge in [0, 0.05) is 32.7 Å². The van der Waals surface area contributed by atoms with E-state index >= 15 is 0 Å². The van der Waals surface area contributed by atoms with E-state index in [0.29, 0.717) is 25.3 Å². The van der Waals surface area contributed by atoms with Gasteiger partial charge in [-0.05, 0) is 29.8 Å². The maximum atomic E-state index is 14.1. The summed E-state index contributed by atoms with van der Waals surface area (Å²) in [6.45, 7) is 10.5. The molecule has 0 saturated carbocycles. The van der Waals surface area contributed by atoms with E-state index < -0.39 is 11.8 Å². The van der Waals surface area contributed by atoms with Crippen molar-refractivity contribution in [1.82, 2.24) is 4.90 Å². The standard InChI is InChI=1S/C20H20FN3O3/c1-22-15-4-6-18(19(25)12-15)24-9-7-23(8-10-24)13-14-3-5-16(17(21)11-14)20(26)27-2/h3-6,11-12,25H,7-10,13H2,2H3. The predicted molar refractivity (Wildman–Crippen MR) is 99.6 cm³/mol. The van der Waals surface area contributed by atoms with Crippen molar-refractivity contribution in [2.24, 2.45) is 0 Å². The van der Waals surface area contributed by atoms with Gasteiger partial charge in [0.05, 0.1) is 24.9 Å². The molecular formula is C20H20FN3O3. The van der Waals surface area contributed by atoms with Crippen LogP contribution in [0, 0.1) is 12.4 Å². The fourth-order valence-corrected chi connectivity index (χ4v) is 3.19. The highest BCUT2D eigenvalue weighted by atomic mass is 19.1. The zero-order chi connectivity index (χ0) is 19.4. The molecule has 1 heterocycles. The number of esters is 1. The number of benzene rings is 2. The van der Waals surface area contributed by atoms with E-state index in [9.17, 15) is 14.3 Å². The number of piperazine rings is 1. The lowest BCUT2D eigenvalue weighted by Gasteiger charge is -2.36. The summed E-state index contributed by atoms with van der Waals surface area (Å²) in [5, 5.41) is 10.1. The highest BCUT2D eigenvalue weighted by Gasteiger charge is 2.20. The molecular weight excluding hydrogens is 349 g/mol. The number of hydrogen-bond acceptors (Lipinski definition) is 5. The fraction of sp³-hybridized carbons (Fsp3) is 0.300. The topological polar surface area (TPSA) is 57.4 Å². The van der Waals surface area contributed by atoms with Gasteiger partial charge in [-0.25, -0.2) is 14.0 Å². The van der Waals surface area contributed by atoms with E-state index in [0.717, 1.165) is 24.3 Å². The number of carbonyl (C=O) groups excluding carboxylic acids is 1. The molecule has 1 N–H and O–H groups in total. The van der Waals surface area contributed by atoms with Crippen LogP contribution in [0.15, 0.2) is 36.4 Å². The van der Waals surface area contributed by atoms with Gasteiger partial charge in [-0.15, -0.1) is 0 Å². The van der Waals surface area contributed by atoms with Gasteiger partial charge in [-0.3, -0.25) is 4.90 Å². The molecule has 0 radical (unpaired) electrons. The minimum atomic E-state index is -0.684. The van der Waals surface area contributed by atoms with E-state index in [1.54, 1.807) is 18.2 Å². The summed E-state index contributed by atoms with van der Waals surface area (Å²) in [4.78, 5) is 19.0. The van der Waals surface area contributed by atoms with Gasteiger partial charge < -0.3 is 14.7 Å². The summed E-state index contributed by atoms with van der Waals surface area (Å²) in [6, 6.07) is 9.48. The molecule has 2 aromatic carbocycles. The molecule has 0 atom stereocenters. The van der Waals surface area contributed by atoms with Crippen molar-refractivity contribution in [3.63, 3.8) is 0 Å². The van der Waals surface area contributed by atoms with Crippen LogP contribution < -0.4 is 4.90 Å². The average molecular weight is 369 g/mol. The van der Waals surface area contributed by atoms with Gasteiger partial charge >= 0.3 is 5.97 Å². The van der Waals surface area contributed by atoms with Crippen LogP contribution in [0.2, 0.25) is 0 Å². The fourth-order valence-electron chi connectivity index (χ4n) is 3.19. The number of methoxy groups -OCH3 is 1. The second kappa shape index (κ2) is 8.06. The maximum Gasteiger partial charge on any atom is 0.340 e. The van der Waals surface area contributed by atoms with E-state index in [4.69, 9.17) is 6.57 Å². The first kappa shape index (κ1) is 18.7. The molecule has 0 unspecified atom stereocenters. The second-order valence-corrected chi connectivity index (χ2v) is 6.35. The number of aromatic hydroxyl groups is 1. The van der Waals surface area contributed by atoms with Crippen molar-refractivity contribution in [1.29, 1.82) is 0 Å². The van der Waals surface area contributed by atoms with Crippen molar-refractivity contribution in [3.05, 3.63) is 64.8 Å². The first-order chi connectivity index (χ1) is 13.0. The Labute approximate surface area is 157 Å². The van der Waals surface area contributed by atoms with Crippen LogP contribution in [-0.2, 0) is 11.3 Å². The summed E-state index contributed by atoms with van der Waals surface area (Å²) in [5.74, 6) is -1.16. The van der Waals surface area contributed by atoms with Gasteiger partial charge in [0.25, 0.3) is 0 Å². The molecule has 0 amide bonds. The molecule has 2 aromatic rings. The molecule has 1 fully saturated rings. The summed E-state index contributed by atoms with van der Waals surface area (Å²) in [7, 11) is 1.22. The molecule has 0 aromatic heterocycles. The third kappa shape index (κ3) is 4.18. The van der Waals surface area contributed by atoms with Crippen LogP contribution in [0.4, 0.5) is 15.8 Å². The first-order valence-corrected chi connectivity index (χ1v) is 8.56. The Morgan fingerprint density at radius 3 is 2.56 bits per heavy atom. The largest absolute Gasteiger partial charge is 0.507 e. The smallest absolute Gasteiger partial charge is 0.340 e. The Balaban J connectivity index is 1.61. The molecule has 140 valence electrons. The normalized spacial score (nSPS) is 14.6. The Bertz CT molecular complexity index is 887. The van der Waals surface area contributed by atoms with Crippen LogP contribution in [0.5, 0.6) is 5.75 Å². The van der Waals surface area contributed by atoms with Crippen molar-refractivity contribution in [3.8, 4) is 5.75 Å². The minimum Gasteiger partial charge on any atom is -0.507 e. The number of ether oxygens (including phenoxy) is 1. The molecule has 7 heteroatoms. The molecule has 0 aliphatic carbocycles. The van der Waals surface area contributed by atoms with Crippen molar-refractivity contribution in [2.75, 3.05) is 38.2 Å². The van der Waals surface area contributed by atoms with Crippen LogP contribution in [0.25, 0.3) is 4.85 Å². The molecule has 0 bridgehead atoms. The van der Waals surface area contributed by atoms with Gasteiger partial charge in [0.2, 0.25) is 0 Å². The van der Waals surface area contributed by atoms with Gasteiger partial charge in [-0.1, -0.05) is 12.1 Å². The van der Waals surface area contributed by atoms with Gasteiger partial charge in [0.1, 0.15) is 11.6 Å². The summed E-state index contributed by atoms with van der Waals surface area (Å²) in [5.41, 5.74) is 1.85. The number of rotatable bonds is 4. The molecule has 1 saturated heterocycles. The number of halogens is 1. The Kier molecular flexibility index (Phi) is 5.57. The number of phenolic OH excluding ortho intramolecular Hbond substituents is 1. The van der Waals surface area contributed by atoms with Crippen molar-refractivity contribution in [2.45, 2.75) is 6.54 Å². The molecule has 1 aliphatic rings. The molecule has 0 spiro atoms. The van der Waals surface area contributed by atoms with Crippen LogP contribution >= 0.6 is 0 Å².